The summed E-state index contributed by atoms with van der Waals surface area (Å²) < 4.78 is 12.5. The van der Waals surface area contributed by atoms with Crippen LogP contribution in [0.5, 0.6) is 0 Å². The van der Waals surface area contributed by atoms with Crippen LogP contribution in [0.1, 0.15) is 109 Å². The highest BCUT2D eigenvalue weighted by Crippen LogP contribution is 2.34. The van der Waals surface area contributed by atoms with Crippen molar-refractivity contribution in [3.05, 3.63) is 102 Å². The SMILES string of the molecule is Br.CCCCCCCCCCC(C=C(C)CCCc1ccccc1P(c1ccccc1)c1ccccc1)OC1CCCCO1. The molecule has 3 aromatic carbocycles. The molecule has 0 spiro atoms. The van der Waals surface area contributed by atoms with Crippen molar-refractivity contribution in [2.45, 2.75) is 123 Å². The third-order valence-electron chi connectivity index (χ3n) is 8.56. The van der Waals surface area contributed by atoms with E-state index in [4.69, 9.17) is 9.47 Å². The number of ether oxygens (including phenoxy) is 2. The lowest BCUT2D eigenvalue weighted by Gasteiger charge is -2.27. The van der Waals surface area contributed by atoms with Gasteiger partial charge >= 0.3 is 0 Å². The smallest absolute Gasteiger partial charge is 0.158 e. The molecule has 4 heteroatoms. The van der Waals surface area contributed by atoms with E-state index in [2.05, 4.69) is 105 Å². The Morgan fingerprint density at radius 1 is 0.795 bits per heavy atom. The van der Waals surface area contributed by atoms with Crippen LogP contribution in [0.3, 0.4) is 0 Å². The van der Waals surface area contributed by atoms with Gasteiger partial charge in [0.15, 0.2) is 6.29 Å². The first-order valence-electron chi connectivity index (χ1n) is 17.2. The Kier molecular flexibility index (Phi) is 18.2. The van der Waals surface area contributed by atoms with Crippen molar-refractivity contribution in [3.63, 3.8) is 0 Å². The largest absolute Gasteiger partial charge is 0.353 e. The summed E-state index contributed by atoms with van der Waals surface area (Å²) in [5.41, 5.74) is 2.93. The summed E-state index contributed by atoms with van der Waals surface area (Å²) in [6.45, 7) is 5.43. The monoisotopic (exact) mass is 678 g/mol. The Labute approximate surface area is 280 Å². The summed E-state index contributed by atoms with van der Waals surface area (Å²) in [5.74, 6) is 0. The van der Waals surface area contributed by atoms with E-state index in [1.165, 1.54) is 84.8 Å². The van der Waals surface area contributed by atoms with Crippen LogP contribution in [0.25, 0.3) is 0 Å². The number of aryl methyl sites for hydroxylation is 1. The number of rotatable bonds is 19. The van der Waals surface area contributed by atoms with Gasteiger partial charge in [0.1, 0.15) is 0 Å². The van der Waals surface area contributed by atoms with Crippen LogP contribution in [0.2, 0.25) is 0 Å². The van der Waals surface area contributed by atoms with E-state index in [1.54, 1.807) is 0 Å². The van der Waals surface area contributed by atoms with Gasteiger partial charge in [-0.05, 0) is 81.3 Å². The molecule has 0 N–H and O–H groups in total. The third-order valence-corrected chi connectivity index (χ3v) is 11.1. The lowest BCUT2D eigenvalue weighted by molar-refractivity contribution is -0.179. The lowest BCUT2D eigenvalue weighted by Crippen LogP contribution is -2.27. The van der Waals surface area contributed by atoms with Crippen molar-refractivity contribution in [1.29, 1.82) is 0 Å². The molecule has 0 bridgehead atoms. The van der Waals surface area contributed by atoms with Crippen molar-refractivity contribution in [1.82, 2.24) is 0 Å². The Morgan fingerprint density at radius 2 is 1.41 bits per heavy atom. The maximum atomic E-state index is 6.54. The van der Waals surface area contributed by atoms with E-state index in [-0.39, 0.29) is 29.4 Å². The van der Waals surface area contributed by atoms with E-state index < -0.39 is 7.92 Å². The second kappa shape index (κ2) is 21.9. The molecule has 1 aliphatic rings. The number of hydrogen-bond donors (Lipinski definition) is 0. The highest BCUT2D eigenvalue weighted by atomic mass is 79.9. The Bertz CT molecular complexity index is 1140. The number of benzene rings is 3. The van der Waals surface area contributed by atoms with Gasteiger partial charge in [-0.3, -0.25) is 0 Å². The van der Waals surface area contributed by atoms with E-state index in [0.29, 0.717) is 0 Å². The Balaban J connectivity index is 0.00000529. The van der Waals surface area contributed by atoms with E-state index in [9.17, 15) is 0 Å². The maximum Gasteiger partial charge on any atom is 0.158 e. The van der Waals surface area contributed by atoms with Gasteiger partial charge in [0, 0.05) is 6.61 Å². The van der Waals surface area contributed by atoms with Crippen LogP contribution in [-0.4, -0.2) is 19.0 Å². The molecule has 2 unspecified atom stereocenters. The predicted octanol–water partition coefficient (Wildman–Crippen LogP) is 10.7. The molecule has 1 aliphatic heterocycles. The summed E-state index contributed by atoms with van der Waals surface area (Å²) in [6, 6.07) is 31.3. The summed E-state index contributed by atoms with van der Waals surface area (Å²) in [5, 5.41) is 4.32. The second-order valence-electron chi connectivity index (χ2n) is 12.2. The summed E-state index contributed by atoms with van der Waals surface area (Å²) in [4.78, 5) is 0. The fourth-order valence-corrected chi connectivity index (χ4v) is 8.67. The molecule has 2 atom stereocenters. The predicted molar refractivity (Wildman–Crippen MR) is 198 cm³/mol. The quantitative estimate of drug-likeness (QED) is 0.0713. The van der Waals surface area contributed by atoms with Gasteiger partial charge in [0.05, 0.1) is 6.10 Å². The van der Waals surface area contributed by atoms with Crippen molar-refractivity contribution in [2.24, 2.45) is 0 Å². The van der Waals surface area contributed by atoms with Crippen LogP contribution in [0.15, 0.2) is 96.6 Å². The lowest BCUT2D eigenvalue weighted by atomic mass is 10.0. The zero-order valence-electron chi connectivity index (χ0n) is 27.3. The van der Waals surface area contributed by atoms with Crippen LogP contribution in [-0.2, 0) is 15.9 Å². The standard InChI is InChI=1S/C40H55O2P.BrH/c1-3-4-5-6-7-8-9-12-25-36(42-40-31-19-20-32-41-40)33-34(2)22-21-24-35-23-17-18-30-39(35)43(37-26-13-10-14-27-37)38-28-15-11-16-29-38;/h10-11,13-18,23,26-30,33,36,40H,3-9,12,19-22,24-25,31-32H2,1-2H3;1H. The Hall–Kier alpha value is -1.77. The van der Waals surface area contributed by atoms with Gasteiger partial charge in [-0.1, -0.05) is 155 Å². The van der Waals surface area contributed by atoms with Crippen LogP contribution >= 0.6 is 24.9 Å². The van der Waals surface area contributed by atoms with E-state index >= 15 is 0 Å². The fraction of sp³-hybridized carbons (Fsp3) is 0.500. The molecule has 0 saturated carbocycles. The number of halogens is 1. The maximum absolute atomic E-state index is 6.54. The number of unbranched alkanes of at least 4 members (excludes halogenated alkanes) is 7. The average Bonchev–Trinajstić information content (AvgIpc) is 3.04. The molecule has 0 aromatic heterocycles. The first kappa shape index (κ1) is 36.7. The highest BCUT2D eigenvalue weighted by Gasteiger charge is 2.20. The molecule has 1 saturated heterocycles. The summed E-state index contributed by atoms with van der Waals surface area (Å²) >= 11 is 0. The second-order valence-corrected chi connectivity index (χ2v) is 14.4. The summed E-state index contributed by atoms with van der Waals surface area (Å²) in [6.07, 6.45) is 21.2. The summed E-state index contributed by atoms with van der Waals surface area (Å²) in [7, 11) is -0.586. The Morgan fingerprint density at radius 3 is 2.05 bits per heavy atom. The van der Waals surface area contributed by atoms with Crippen molar-refractivity contribution >= 4 is 40.8 Å². The van der Waals surface area contributed by atoms with Gasteiger partial charge in [0.2, 0.25) is 0 Å². The average molecular weight is 680 g/mol. The topological polar surface area (TPSA) is 18.5 Å². The molecule has 4 rings (SSSR count). The first-order valence-corrected chi connectivity index (χ1v) is 18.5. The molecule has 2 nitrogen and oxygen atoms in total. The van der Waals surface area contributed by atoms with E-state index in [1.807, 2.05) is 0 Å². The molecule has 1 heterocycles. The minimum absolute atomic E-state index is 0. The number of hydrogen-bond acceptors (Lipinski definition) is 2. The molecule has 0 radical (unpaired) electrons. The zero-order chi connectivity index (χ0) is 30.0. The van der Waals surface area contributed by atoms with E-state index in [0.717, 1.165) is 45.1 Å². The molecule has 240 valence electrons. The van der Waals surface area contributed by atoms with Crippen LogP contribution in [0.4, 0.5) is 0 Å². The fourth-order valence-electron chi connectivity index (χ4n) is 6.16. The van der Waals surface area contributed by atoms with Gasteiger partial charge in [-0.2, -0.15) is 0 Å². The molecular weight excluding hydrogens is 623 g/mol. The van der Waals surface area contributed by atoms with Crippen molar-refractivity contribution in [3.8, 4) is 0 Å². The highest BCUT2D eigenvalue weighted by molar-refractivity contribution is 8.93. The van der Waals surface area contributed by atoms with Crippen molar-refractivity contribution in [2.75, 3.05) is 6.61 Å². The van der Waals surface area contributed by atoms with Crippen molar-refractivity contribution < 1.29 is 9.47 Å². The van der Waals surface area contributed by atoms with Gasteiger partial charge in [-0.25, -0.2) is 0 Å². The normalized spacial score (nSPS) is 16.1. The van der Waals surface area contributed by atoms with Gasteiger partial charge in [-0.15, -0.1) is 17.0 Å². The first-order chi connectivity index (χ1) is 21.2. The molecule has 3 aromatic rings. The minimum Gasteiger partial charge on any atom is -0.353 e. The zero-order valence-corrected chi connectivity index (χ0v) is 29.9. The third kappa shape index (κ3) is 12.9. The minimum atomic E-state index is -0.586. The van der Waals surface area contributed by atoms with Crippen LogP contribution < -0.4 is 15.9 Å². The molecular formula is C40H56BrO2P. The van der Waals surface area contributed by atoms with Gasteiger partial charge < -0.3 is 9.47 Å². The molecule has 1 fully saturated rings. The molecule has 0 amide bonds. The molecule has 0 aliphatic carbocycles. The van der Waals surface area contributed by atoms with Gasteiger partial charge in [0.25, 0.3) is 0 Å². The van der Waals surface area contributed by atoms with Crippen LogP contribution in [0, 0.1) is 0 Å². The molecule has 44 heavy (non-hydrogen) atoms. The number of allylic oxidation sites excluding steroid dienone is 1.